The van der Waals surface area contributed by atoms with Crippen LogP contribution in [-0.2, 0) is 17.9 Å². The molecule has 1 atom stereocenters. The molecule has 0 saturated carbocycles. The Morgan fingerprint density at radius 2 is 1.71 bits per heavy atom. The number of piperidine rings is 1. The summed E-state index contributed by atoms with van der Waals surface area (Å²) in [4.78, 5) is 25.9. The molecule has 0 spiro atoms. The SMILES string of the molecule is O=C(NCc1ccc(CN2CCCC2)cc1)C1CCCN(c2ncccn2)C1. The Hall–Kier alpha value is -2.47. The van der Waals surface area contributed by atoms with Gasteiger partial charge in [0.2, 0.25) is 11.9 Å². The summed E-state index contributed by atoms with van der Waals surface area (Å²) in [6, 6.07) is 10.5. The molecule has 0 bridgehead atoms. The summed E-state index contributed by atoms with van der Waals surface area (Å²) < 4.78 is 0. The van der Waals surface area contributed by atoms with Crippen molar-refractivity contribution in [2.45, 2.75) is 38.8 Å². The van der Waals surface area contributed by atoms with Crippen molar-refractivity contribution in [1.82, 2.24) is 20.2 Å². The molecule has 28 heavy (non-hydrogen) atoms. The lowest BCUT2D eigenvalue weighted by Gasteiger charge is -2.31. The van der Waals surface area contributed by atoms with Crippen LogP contribution < -0.4 is 10.2 Å². The fraction of sp³-hybridized carbons (Fsp3) is 0.500. The molecule has 1 amide bonds. The van der Waals surface area contributed by atoms with Gasteiger partial charge in [0.25, 0.3) is 0 Å². The van der Waals surface area contributed by atoms with Crippen LogP contribution in [-0.4, -0.2) is 47.0 Å². The third kappa shape index (κ3) is 4.87. The second-order valence-corrected chi connectivity index (χ2v) is 7.85. The third-order valence-electron chi connectivity index (χ3n) is 5.72. The summed E-state index contributed by atoms with van der Waals surface area (Å²) in [5.74, 6) is 0.836. The summed E-state index contributed by atoms with van der Waals surface area (Å²) in [6.07, 6.45) is 8.04. The fourth-order valence-corrected chi connectivity index (χ4v) is 4.12. The number of nitrogens with one attached hydrogen (secondary N) is 1. The van der Waals surface area contributed by atoms with Gasteiger partial charge in [0.1, 0.15) is 0 Å². The van der Waals surface area contributed by atoms with E-state index in [1.54, 1.807) is 12.4 Å². The van der Waals surface area contributed by atoms with Gasteiger partial charge in [-0.25, -0.2) is 9.97 Å². The third-order valence-corrected chi connectivity index (χ3v) is 5.72. The predicted molar refractivity (Wildman–Crippen MR) is 110 cm³/mol. The number of hydrogen-bond donors (Lipinski definition) is 1. The predicted octanol–water partition coefficient (Wildman–Crippen LogP) is 2.61. The first-order valence-electron chi connectivity index (χ1n) is 10.4. The number of anilines is 1. The average molecular weight is 380 g/mol. The molecule has 3 heterocycles. The van der Waals surface area contributed by atoms with E-state index >= 15 is 0 Å². The minimum Gasteiger partial charge on any atom is -0.352 e. The number of benzene rings is 1. The van der Waals surface area contributed by atoms with Gasteiger partial charge >= 0.3 is 0 Å². The van der Waals surface area contributed by atoms with Crippen LogP contribution in [0.25, 0.3) is 0 Å². The molecular formula is C22H29N5O. The first-order valence-corrected chi connectivity index (χ1v) is 10.4. The van der Waals surface area contributed by atoms with Crippen molar-refractivity contribution < 1.29 is 4.79 Å². The molecule has 2 aromatic rings. The second-order valence-electron chi connectivity index (χ2n) is 7.85. The molecule has 1 aromatic carbocycles. The lowest BCUT2D eigenvalue weighted by Crippen LogP contribution is -2.43. The van der Waals surface area contributed by atoms with Crippen LogP contribution in [0.15, 0.2) is 42.7 Å². The normalized spacial score (nSPS) is 20.3. The molecule has 148 valence electrons. The van der Waals surface area contributed by atoms with E-state index in [1.807, 2.05) is 6.07 Å². The summed E-state index contributed by atoms with van der Waals surface area (Å²) >= 11 is 0. The van der Waals surface area contributed by atoms with Gasteiger partial charge in [-0.15, -0.1) is 0 Å². The molecule has 1 N–H and O–H groups in total. The van der Waals surface area contributed by atoms with E-state index in [9.17, 15) is 4.79 Å². The molecule has 6 nitrogen and oxygen atoms in total. The van der Waals surface area contributed by atoms with Crippen LogP contribution >= 0.6 is 0 Å². The van der Waals surface area contributed by atoms with Crippen molar-refractivity contribution in [2.75, 3.05) is 31.1 Å². The standard InChI is InChI=1S/C22H29N5O/c28-21(20-5-3-14-27(17-20)22-23-10-4-11-24-22)25-15-18-6-8-19(9-7-18)16-26-12-1-2-13-26/h4,6-11,20H,1-3,5,12-17H2,(H,25,28). The molecule has 0 radical (unpaired) electrons. The summed E-state index contributed by atoms with van der Waals surface area (Å²) in [7, 11) is 0. The van der Waals surface area contributed by atoms with E-state index in [4.69, 9.17) is 0 Å². The highest BCUT2D eigenvalue weighted by atomic mass is 16.1. The van der Waals surface area contributed by atoms with Gasteiger partial charge in [0.15, 0.2) is 0 Å². The number of likely N-dealkylation sites (tertiary alicyclic amines) is 1. The van der Waals surface area contributed by atoms with Gasteiger partial charge in [-0.05, 0) is 56.0 Å². The maximum Gasteiger partial charge on any atom is 0.225 e. The van der Waals surface area contributed by atoms with Crippen molar-refractivity contribution >= 4 is 11.9 Å². The highest BCUT2D eigenvalue weighted by molar-refractivity contribution is 5.79. The molecule has 4 rings (SSSR count). The lowest BCUT2D eigenvalue weighted by atomic mass is 9.97. The van der Waals surface area contributed by atoms with Crippen LogP contribution in [0.3, 0.4) is 0 Å². The highest BCUT2D eigenvalue weighted by Crippen LogP contribution is 2.20. The number of carbonyl (C=O) groups is 1. The smallest absolute Gasteiger partial charge is 0.225 e. The molecule has 6 heteroatoms. The molecule has 0 aliphatic carbocycles. The molecule has 2 aliphatic heterocycles. The molecule has 2 aliphatic rings. The average Bonchev–Trinajstić information content (AvgIpc) is 3.27. The maximum atomic E-state index is 12.7. The zero-order chi connectivity index (χ0) is 19.2. The fourth-order valence-electron chi connectivity index (χ4n) is 4.12. The number of hydrogen-bond acceptors (Lipinski definition) is 5. The Morgan fingerprint density at radius 3 is 2.46 bits per heavy atom. The van der Waals surface area contributed by atoms with Crippen LogP contribution in [0.1, 0.15) is 36.8 Å². The molecule has 1 aromatic heterocycles. The minimum absolute atomic E-state index is 0.00741. The second kappa shape index (κ2) is 9.15. The Kier molecular flexibility index (Phi) is 6.17. The van der Waals surface area contributed by atoms with Crippen molar-refractivity contribution in [3.05, 3.63) is 53.9 Å². The molecule has 1 unspecified atom stereocenters. The topological polar surface area (TPSA) is 61.4 Å². The van der Waals surface area contributed by atoms with Gasteiger partial charge in [-0.2, -0.15) is 0 Å². The van der Waals surface area contributed by atoms with E-state index in [-0.39, 0.29) is 11.8 Å². The number of rotatable bonds is 6. The number of nitrogens with zero attached hydrogens (tertiary/aromatic N) is 4. The van der Waals surface area contributed by atoms with Crippen LogP contribution in [0.4, 0.5) is 5.95 Å². The highest BCUT2D eigenvalue weighted by Gasteiger charge is 2.26. The summed E-state index contributed by atoms with van der Waals surface area (Å²) in [5, 5.41) is 3.12. The molecule has 2 saturated heterocycles. The lowest BCUT2D eigenvalue weighted by molar-refractivity contribution is -0.125. The first kappa shape index (κ1) is 18.9. The van der Waals surface area contributed by atoms with Gasteiger partial charge in [-0.1, -0.05) is 24.3 Å². The van der Waals surface area contributed by atoms with E-state index in [2.05, 4.69) is 49.4 Å². The quantitative estimate of drug-likeness (QED) is 0.836. The number of amides is 1. The summed E-state index contributed by atoms with van der Waals surface area (Å²) in [6.45, 7) is 5.64. The maximum absolute atomic E-state index is 12.7. The van der Waals surface area contributed by atoms with Gasteiger partial charge in [0, 0.05) is 38.6 Å². The Balaban J connectivity index is 1.26. The molecule has 2 fully saturated rings. The van der Waals surface area contributed by atoms with Crippen LogP contribution in [0, 0.1) is 5.92 Å². The van der Waals surface area contributed by atoms with Crippen molar-refractivity contribution in [3.63, 3.8) is 0 Å². The van der Waals surface area contributed by atoms with E-state index < -0.39 is 0 Å². The van der Waals surface area contributed by atoms with Crippen molar-refractivity contribution in [3.8, 4) is 0 Å². The Labute approximate surface area is 167 Å². The van der Waals surface area contributed by atoms with Gasteiger partial charge in [-0.3, -0.25) is 9.69 Å². The zero-order valence-corrected chi connectivity index (χ0v) is 16.4. The zero-order valence-electron chi connectivity index (χ0n) is 16.4. The monoisotopic (exact) mass is 379 g/mol. The van der Waals surface area contributed by atoms with Crippen molar-refractivity contribution in [1.29, 1.82) is 0 Å². The minimum atomic E-state index is -0.00741. The van der Waals surface area contributed by atoms with Crippen LogP contribution in [0.5, 0.6) is 0 Å². The Bertz CT molecular complexity index is 758. The van der Waals surface area contributed by atoms with Gasteiger partial charge in [0.05, 0.1) is 5.92 Å². The number of aromatic nitrogens is 2. The van der Waals surface area contributed by atoms with E-state index in [1.165, 1.54) is 31.5 Å². The van der Waals surface area contributed by atoms with Crippen LogP contribution in [0.2, 0.25) is 0 Å². The van der Waals surface area contributed by atoms with Crippen molar-refractivity contribution in [2.24, 2.45) is 5.92 Å². The van der Waals surface area contributed by atoms with E-state index in [0.29, 0.717) is 19.0 Å². The van der Waals surface area contributed by atoms with E-state index in [0.717, 1.165) is 31.5 Å². The summed E-state index contributed by atoms with van der Waals surface area (Å²) in [5.41, 5.74) is 2.50. The molecular weight excluding hydrogens is 350 g/mol. The van der Waals surface area contributed by atoms with Gasteiger partial charge < -0.3 is 10.2 Å². The Morgan fingerprint density at radius 1 is 1.00 bits per heavy atom. The number of carbonyl (C=O) groups excluding carboxylic acids is 1. The first-order chi connectivity index (χ1) is 13.8. The largest absolute Gasteiger partial charge is 0.352 e.